The number of carbonyl (C=O) groups is 1. The molecule has 0 saturated heterocycles. The highest BCUT2D eigenvalue weighted by atomic mass is 16.5. The van der Waals surface area contributed by atoms with E-state index in [1.165, 1.54) is 0 Å². The molecule has 0 spiro atoms. The van der Waals surface area contributed by atoms with Gasteiger partial charge in [-0.1, -0.05) is 6.07 Å². The molecule has 6 heteroatoms. The number of nitrogens with zero attached hydrogens (tertiary/aromatic N) is 1. The summed E-state index contributed by atoms with van der Waals surface area (Å²) in [7, 11) is 3.21. The lowest BCUT2D eigenvalue weighted by molar-refractivity contribution is 0.0697. The highest BCUT2D eigenvalue weighted by Gasteiger charge is 2.22. The zero-order valence-electron chi connectivity index (χ0n) is 12.1. The Morgan fingerprint density at radius 3 is 2.65 bits per heavy atom. The molecule has 1 rings (SSSR count). The SMILES string of the molecule is COCCN(c1c(N)cccc1C(=O)O)C(C)COC. The van der Waals surface area contributed by atoms with Crippen LogP contribution >= 0.6 is 0 Å². The molecule has 3 N–H and O–H groups in total. The fraction of sp³-hybridized carbons (Fsp3) is 0.500. The number of nitrogen functional groups attached to an aromatic ring is 1. The van der Waals surface area contributed by atoms with Crippen molar-refractivity contribution in [2.24, 2.45) is 0 Å². The van der Waals surface area contributed by atoms with Gasteiger partial charge in [0.15, 0.2) is 0 Å². The quantitative estimate of drug-likeness (QED) is 0.702. The fourth-order valence-corrected chi connectivity index (χ4v) is 2.13. The molecule has 112 valence electrons. The predicted octanol–water partition coefficient (Wildman–Crippen LogP) is 1.45. The van der Waals surface area contributed by atoms with Gasteiger partial charge in [-0.2, -0.15) is 0 Å². The summed E-state index contributed by atoms with van der Waals surface area (Å²) in [4.78, 5) is 13.3. The van der Waals surface area contributed by atoms with Crippen LogP contribution < -0.4 is 10.6 Å². The summed E-state index contributed by atoms with van der Waals surface area (Å²) in [5.74, 6) is -1.00. The first-order chi connectivity index (χ1) is 9.52. The number of aromatic carboxylic acids is 1. The van der Waals surface area contributed by atoms with Gasteiger partial charge in [0, 0.05) is 26.8 Å². The molecule has 0 aliphatic heterocycles. The van der Waals surface area contributed by atoms with Gasteiger partial charge in [0.25, 0.3) is 0 Å². The summed E-state index contributed by atoms with van der Waals surface area (Å²) in [6.45, 7) is 3.44. The lowest BCUT2D eigenvalue weighted by Gasteiger charge is -2.32. The minimum Gasteiger partial charge on any atom is -0.478 e. The van der Waals surface area contributed by atoms with Gasteiger partial charge in [-0.05, 0) is 19.1 Å². The average molecular weight is 282 g/mol. The molecule has 0 radical (unpaired) electrons. The second kappa shape index (κ2) is 7.72. The van der Waals surface area contributed by atoms with Crippen LogP contribution in [0.3, 0.4) is 0 Å². The molecule has 1 aromatic carbocycles. The molecule has 0 fully saturated rings. The summed E-state index contributed by atoms with van der Waals surface area (Å²) in [6.07, 6.45) is 0. The standard InChI is InChI=1S/C14H22N2O4/c1-10(9-20-3)16(7-8-19-2)13-11(14(17)18)5-4-6-12(13)15/h4-6,10H,7-9,15H2,1-3H3,(H,17,18). The van der Waals surface area contributed by atoms with E-state index >= 15 is 0 Å². The second-order valence-electron chi connectivity index (χ2n) is 4.54. The van der Waals surface area contributed by atoms with Crippen LogP contribution in [0.1, 0.15) is 17.3 Å². The number of carboxylic acids is 1. The molecule has 0 bridgehead atoms. The Morgan fingerprint density at radius 1 is 1.40 bits per heavy atom. The van der Waals surface area contributed by atoms with E-state index in [1.807, 2.05) is 11.8 Å². The molecule has 0 saturated carbocycles. The van der Waals surface area contributed by atoms with Crippen LogP contribution in [0.4, 0.5) is 11.4 Å². The van der Waals surface area contributed by atoms with Crippen molar-refractivity contribution in [3.8, 4) is 0 Å². The molecule has 0 aromatic heterocycles. The van der Waals surface area contributed by atoms with E-state index in [0.29, 0.717) is 31.1 Å². The topological polar surface area (TPSA) is 85.0 Å². The van der Waals surface area contributed by atoms with Crippen molar-refractivity contribution < 1.29 is 19.4 Å². The van der Waals surface area contributed by atoms with Crippen molar-refractivity contribution in [2.75, 3.05) is 44.6 Å². The maximum Gasteiger partial charge on any atom is 0.337 e. The number of hydrogen-bond donors (Lipinski definition) is 2. The van der Waals surface area contributed by atoms with Crippen molar-refractivity contribution in [3.05, 3.63) is 23.8 Å². The summed E-state index contributed by atoms with van der Waals surface area (Å²) in [5, 5.41) is 9.33. The van der Waals surface area contributed by atoms with E-state index in [-0.39, 0.29) is 11.6 Å². The number of hydrogen-bond acceptors (Lipinski definition) is 5. The first-order valence-corrected chi connectivity index (χ1v) is 6.39. The molecule has 1 unspecified atom stereocenters. The van der Waals surface area contributed by atoms with Crippen LogP contribution in [0.15, 0.2) is 18.2 Å². The molecule has 0 aliphatic carbocycles. The van der Waals surface area contributed by atoms with E-state index in [4.69, 9.17) is 15.2 Å². The lowest BCUT2D eigenvalue weighted by Crippen LogP contribution is -2.40. The number of benzene rings is 1. The molecule has 0 aliphatic rings. The maximum absolute atomic E-state index is 11.4. The van der Waals surface area contributed by atoms with Gasteiger partial charge in [-0.3, -0.25) is 0 Å². The molecule has 0 amide bonds. The highest BCUT2D eigenvalue weighted by Crippen LogP contribution is 2.29. The van der Waals surface area contributed by atoms with Gasteiger partial charge in [0.2, 0.25) is 0 Å². The van der Waals surface area contributed by atoms with Gasteiger partial charge in [0.05, 0.1) is 30.2 Å². The molecule has 20 heavy (non-hydrogen) atoms. The summed E-state index contributed by atoms with van der Waals surface area (Å²) < 4.78 is 10.2. The highest BCUT2D eigenvalue weighted by molar-refractivity contribution is 5.98. The molecular weight excluding hydrogens is 260 g/mol. The molecule has 0 heterocycles. The Morgan fingerprint density at radius 2 is 2.10 bits per heavy atom. The number of para-hydroxylation sites is 1. The van der Waals surface area contributed by atoms with E-state index in [2.05, 4.69) is 0 Å². The van der Waals surface area contributed by atoms with Crippen LogP contribution in [-0.2, 0) is 9.47 Å². The van der Waals surface area contributed by atoms with Crippen LogP contribution in [0.2, 0.25) is 0 Å². The number of nitrogens with two attached hydrogens (primary N) is 1. The second-order valence-corrected chi connectivity index (χ2v) is 4.54. The fourth-order valence-electron chi connectivity index (χ4n) is 2.13. The van der Waals surface area contributed by atoms with Crippen LogP contribution in [0.25, 0.3) is 0 Å². The summed E-state index contributed by atoms with van der Waals surface area (Å²) in [5.41, 5.74) is 7.11. The van der Waals surface area contributed by atoms with Crippen LogP contribution in [0, 0.1) is 0 Å². The normalized spacial score (nSPS) is 12.2. The third kappa shape index (κ3) is 3.85. The average Bonchev–Trinajstić information content (AvgIpc) is 2.40. The molecule has 1 atom stereocenters. The smallest absolute Gasteiger partial charge is 0.337 e. The zero-order valence-corrected chi connectivity index (χ0v) is 12.1. The van der Waals surface area contributed by atoms with Gasteiger partial charge < -0.3 is 25.2 Å². The first kappa shape index (κ1) is 16.3. The van der Waals surface area contributed by atoms with Crippen molar-refractivity contribution >= 4 is 17.3 Å². The Bertz CT molecular complexity index is 451. The third-order valence-electron chi connectivity index (χ3n) is 3.06. The van der Waals surface area contributed by atoms with E-state index < -0.39 is 5.97 Å². The van der Waals surface area contributed by atoms with Crippen molar-refractivity contribution in [1.29, 1.82) is 0 Å². The Balaban J connectivity index is 3.21. The third-order valence-corrected chi connectivity index (χ3v) is 3.06. The number of methoxy groups -OCH3 is 2. The molecular formula is C14H22N2O4. The van der Waals surface area contributed by atoms with Gasteiger partial charge >= 0.3 is 5.97 Å². The molecule has 6 nitrogen and oxygen atoms in total. The predicted molar refractivity (Wildman–Crippen MR) is 78.4 cm³/mol. The summed E-state index contributed by atoms with van der Waals surface area (Å²) >= 11 is 0. The number of carboxylic acid groups (broad SMARTS) is 1. The van der Waals surface area contributed by atoms with Crippen molar-refractivity contribution in [2.45, 2.75) is 13.0 Å². The Kier molecular flexibility index (Phi) is 6.27. The van der Waals surface area contributed by atoms with Gasteiger partial charge in [0.1, 0.15) is 0 Å². The number of rotatable bonds is 8. The van der Waals surface area contributed by atoms with Crippen LogP contribution in [-0.4, -0.2) is 51.1 Å². The van der Waals surface area contributed by atoms with Gasteiger partial charge in [-0.25, -0.2) is 4.79 Å². The van der Waals surface area contributed by atoms with Crippen molar-refractivity contribution in [3.63, 3.8) is 0 Å². The van der Waals surface area contributed by atoms with E-state index in [9.17, 15) is 9.90 Å². The Hall–Kier alpha value is -1.79. The zero-order chi connectivity index (χ0) is 15.1. The Labute approximate surface area is 119 Å². The van der Waals surface area contributed by atoms with Crippen LogP contribution in [0.5, 0.6) is 0 Å². The van der Waals surface area contributed by atoms with E-state index in [1.54, 1.807) is 32.4 Å². The summed E-state index contributed by atoms with van der Waals surface area (Å²) in [6, 6.07) is 4.87. The maximum atomic E-state index is 11.4. The largest absolute Gasteiger partial charge is 0.478 e. The minimum absolute atomic E-state index is 0.0158. The minimum atomic E-state index is -1.00. The number of anilines is 2. The molecule has 1 aromatic rings. The first-order valence-electron chi connectivity index (χ1n) is 6.39. The monoisotopic (exact) mass is 282 g/mol. The number of ether oxygens (including phenoxy) is 2. The van der Waals surface area contributed by atoms with E-state index in [0.717, 1.165) is 0 Å². The lowest BCUT2D eigenvalue weighted by atomic mass is 10.1. The van der Waals surface area contributed by atoms with Gasteiger partial charge in [-0.15, -0.1) is 0 Å². The van der Waals surface area contributed by atoms with Crippen molar-refractivity contribution in [1.82, 2.24) is 0 Å².